The van der Waals surface area contributed by atoms with Gasteiger partial charge in [0.1, 0.15) is 133 Å². The third kappa shape index (κ3) is 37.2. The predicted octanol–water partition coefficient (Wildman–Crippen LogP) is 25.6. The zero-order valence-electron chi connectivity index (χ0n) is 91.8. The van der Waals surface area contributed by atoms with E-state index in [0.29, 0.717) is 0 Å². The van der Waals surface area contributed by atoms with Crippen LogP contribution < -0.4 is 27.4 Å². The Hall–Kier alpha value is -6.69. The number of aryl methyl sites for hydroxylation is 6. The second-order valence-corrected chi connectivity index (χ2v) is 57.1. The summed E-state index contributed by atoms with van der Waals surface area (Å²) in [7, 11) is 3.40. The molecule has 0 spiro atoms. The van der Waals surface area contributed by atoms with Crippen LogP contribution in [-0.4, -0.2) is 155 Å². The number of imidazole rings is 6. The van der Waals surface area contributed by atoms with Crippen molar-refractivity contribution in [3.63, 3.8) is 0 Å². The molecule has 9 heterocycles. The number of aromatic nitrogens is 12. The van der Waals surface area contributed by atoms with Gasteiger partial charge >= 0.3 is 0 Å². The van der Waals surface area contributed by atoms with E-state index >= 15 is 0 Å². The Kier molecular flexibility index (Phi) is 48.9. The molecule has 18 heteroatoms. The highest BCUT2D eigenvalue weighted by molar-refractivity contribution is 7.75. The van der Waals surface area contributed by atoms with Crippen molar-refractivity contribution < 1.29 is 40.9 Å². The topological polar surface area (TPSA) is 52.9 Å². The molecule has 0 bridgehead atoms. The van der Waals surface area contributed by atoms with Gasteiger partial charge in [-0.25, -0.2) is 54.8 Å². The van der Waals surface area contributed by atoms with Crippen LogP contribution in [0.3, 0.4) is 0 Å². The molecular formula is C120H204N15P3+12. The first-order valence-corrected chi connectivity index (χ1v) is 64.3. The van der Waals surface area contributed by atoms with Gasteiger partial charge in [0, 0.05) is 77.0 Å². The van der Waals surface area contributed by atoms with E-state index in [0.717, 1.165) is 58.9 Å². The van der Waals surface area contributed by atoms with Gasteiger partial charge in [-0.3, -0.25) is 0 Å². The fraction of sp³-hybridized carbons (Fsp3) is 0.650. The lowest BCUT2D eigenvalue weighted by atomic mass is 10.0. The van der Waals surface area contributed by atoms with E-state index in [-0.39, 0.29) is 0 Å². The number of benzene rings is 4. The van der Waals surface area contributed by atoms with E-state index in [2.05, 4.69) is 365 Å². The molecule has 10 aromatic rings. The van der Waals surface area contributed by atoms with E-state index in [1.54, 1.807) is 33.4 Å². The highest BCUT2D eigenvalue weighted by Gasteiger charge is 2.42. The van der Waals surface area contributed by atoms with Crippen molar-refractivity contribution in [2.24, 2.45) is 21.1 Å². The molecule has 6 aromatic heterocycles. The molecule has 0 radical (unpaired) electrons. The van der Waals surface area contributed by atoms with Gasteiger partial charge in [0.2, 0.25) is 38.0 Å². The Morgan fingerprint density at radius 2 is 0.442 bits per heavy atom. The van der Waals surface area contributed by atoms with E-state index in [1.165, 1.54) is 373 Å². The SMILES string of the molecule is CCCC[N+]1(Cc2cc(C[N+]3(CCCC)CCCC3)cc(C[N+]3(CCCC)CCCC3)c2)CCCC1.CCCCn1cc[n+](Cc2cc(C[n+]3ccn(CCCC)c3)cc(C[n+]3ccn(CCCC)c3)c2)c1.CCC[P+](CCC)(CCC)Cc1cc(C[P+](CCC)(CCC)CCC)cc(C[P+](CCC)(CCC)CCC)c1.C[n+]1ccn(Cc2cc(Cn3cc[n+](C)c3)cc(Cn3cc[n+](C)c3)c2)c1. The molecule has 0 saturated carbocycles. The molecule has 4 aromatic carbocycles. The van der Waals surface area contributed by atoms with Gasteiger partial charge in [-0.1, -0.05) is 142 Å². The van der Waals surface area contributed by atoms with Crippen LogP contribution in [0.5, 0.6) is 0 Å². The number of likely N-dealkylation sites (tertiary alicyclic amines) is 3. The van der Waals surface area contributed by atoms with Crippen molar-refractivity contribution in [1.29, 1.82) is 0 Å². The lowest BCUT2D eigenvalue weighted by Crippen LogP contribution is -2.46. The van der Waals surface area contributed by atoms with Gasteiger partial charge in [-0.15, -0.1) is 0 Å². The van der Waals surface area contributed by atoms with Gasteiger partial charge in [0.15, 0.2) is 0 Å². The Balaban J connectivity index is 0.000000191. The standard InChI is InChI=1S/C36H72P3.C33H60N3.C30H45N6.C21H27N6/c1-10-19-37(20-11-2,21-12-3)31-34-28-35(32-38(22-13-4,23-14-5)24-15-6)30-36(29-34)33-39(25-16-7,26-17-8)27-18-9;1-4-7-16-34(19-10-11-20-34)28-31-25-32(29-35(17-8-5-2)21-12-13-22-35)27-33(26-31)30-36(18-9-6-3)23-14-15-24-36;1-4-7-10-31-13-16-34(25-31)22-28-19-29(23-35-17-14-32(26-35)11-8-5-2)21-30(20-28)24-36-18-15-33(27-36)12-9-6-3;1-22-4-7-25(16-22)13-19-10-20(14-26-8-5-23(2)17-26)12-21(11-19)15-27-9-6-24(3)18-27/h28-30H,10-27,31-33H2,1-9H3;25-27H,4-24,28-30H2,1-3H3;13-21,25-27H,4-12,22-24H2,1-3H3;4-12,16-18H,13-15H2,1-3H3/q4*+3. The summed E-state index contributed by atoms with van der Waals surface area (Å²) in [5.74, 6) is 0. The molecule has 3 aliphatic rings. The summed E-state index contributed by atoms with van der Waals surface area (Å²) < 4.78 is 30.8. The molecule has 0 amide bonds. The molecule has 13 rings (SSSR count). The highest BCUT2D eigenvalue weighted by Crippen LogP contribution is 2.66. The zero-order valence-corrected chi connectivity index (χ0v) is 94.5. The molecular weight excluding hydrogens is 1740 g/mol. The van der Waals surface area contributed by atoms with Gasteiger partial charge in [-0.05, 0) is 219 Å². The quantitative estimate of drug-likeness (QED) is 0.0207. The van der Waals surface area contributed by atoms with Crippen LogP contribution in [0.25, 0.3) is 0 Å². The summed E-state index contributed by atoms with van der Waals surface area (Å²) >= 11 is 0. The molecule has 0 unspecified atom stereocenters. The maximum Gasteiger partial charge on any atom is 0.244 e. The third-order valence-electron chi connectivity index (χ3n) is 30.6. The fourth-order valence-electron chi connectivity index (χ4n) is 24.7. The van der Waals surface area contributed by atoms with Crippen molar-refractivity contribution >= 4 is 21.8 Å². The Morgan fingerprint density at radius 1 is 0.232 bits per heavy atom. The smallest absolute Gasteiger partial charge is 0.244 e. The van der Waals surface area contributed by atoms with Crippen LogP contribution in [0.4, 0.5) is 0 Å². The number of hydrogen-bond donors (Lipinski definition) is 0. The third-order valence-corrected chi connectivity index (χ3v) is 46.2. The number of rotatable bonds is 60. The summed E-state index contributed by atoms with van der Waals surface area (Å²) in [5.41, 5.74) is 18.3. The Morgan fingerprint density at radius 3 is 0.652 bits per heavy atom. The number of nitrogens with zero attached hydrogens (tertiary/aromatic N) is 15. The van der Waals surface area contributed by atoms with Crippen LogP contribution in [0.15, 0.2) is 185 Å². The molecule has 0 atom stereocenters. The molecule has 3 saturated heterocycles. The molecule has 762 valence electrons. The maximum absolute atomic E-state index is 2.76. The Bertz CT molecular complexity index is 4440. The van der Waals surface area contributed by atoms with E-state index in [9.17, 15) is 0 Å². The second kappa shape index (κ2) is 59.5. The molecule has 3 fully saturated rings. The van der Waals surface area contributed by atoms with Gasteiger partial charge < -0.3 is 13.4 Å². The van der Waals surface area contributed by atoms with Crippen molar-refractivity contribution in [2.45, 2.75) is 374 Å². The van der Waals surface area contributed by atoms with Crippen LogP contribution in [0, 0.1) is 0 Å². The van der Waals surface area contributed by atoms with Gasteiger partial charge in [-0.2, -0.15) is 0 Å². The molecule has 138 heavy (non-hydrogen) atoms. The number of hydrogen-bond acceptors (Lipinski definition) is 0. The summed E-state index contributed by atoms with van der Waals surface area (Å²) in [4.78, 5) is 0. The largest absolute Gasteiger partial charge is 0.320 e. The summed E-state index contributed by atoms with van der Waals surface area (Å²) in [5, 5.41) is 0. The van der Waals surface area contributed by atoms with Gasteiger partial charge in [0.25, 0.3) is 0 Å². The summed E-state index contributed by atoms with van der Waals surface area (Å²) in [6.07, 6.45) is 93.1. The van der Waals surface area contributed by atoms with Crippen LogP contribution in [0.1, 0.15) is 344 Å². The van der Waals surface area contributed by atoms with Crippen molar-refractivity contribution in [3.8, 4) is 0 Å². The highest BCUT2D eigenvalue weighted by atomic mass is 31.2. The van der Waals surface area contributed by atoms with E-state index in [1.807, 2.05) is 0 Å². The minimum Gasteiger partial charge on any atom is -0.320 e. The molecule has 0 N–H and O–H groups in total. The molecule has 3 aliphatic heterocycles. The van der Waals surface area contributed by atoms with Crippen molar-refractivity contribution in [1.82, 2.24) is 27.4 Å². The van der Waals surface area contributed by atoms with Crippen LogP contribution in [0.2, 0.25) is 0 Å². The lowest BCUT2D eigenvalue weighted by molar-refractivity contribution is -0.931. The minimum absolute atomic E-state index is 0.876. The maximum atomic E-state index is 2.76. The summed E-state index contributed by atoms with van der Waals surface area (Å²) in [6, 6.07) is 30.4. The zero-order chi connectivity index (χ0) is 98.5. The first kappa shape index (κ1) is 113. The van der Waals surface area contributed by atoms with Crippen LogP contribution in [-0.2, 0) is 118 Å². The second-order valence-electron chi connectivity index (χ2n) is 44.1. The van der Waals surface area contributed by atoms with E-state index < -0.39 is 21.8 Å². The molecule has 0 aliphatic carbocycles. The first-order valence-electron chi connectivity index (χ1n) is 56.8. The first-order chi connectivity index (χ1) is 67.0. The average molecular weight is 1950 g/mol. The van der Waals surface area contributed by atoms with Gasteiger partial charge in [0.05, 0.1) is 174 Å². The van der Waals surface area contributed by atoms with E-state index in [4.69, 9.17) is 0 Å². The van der Waals surface area contributed by atoms with Crippen LogP contribution >= 0.6 is 21.8 Å². The predicted molar refractivity (Wildman–Crippen MR) is 592 cm³/mol. The fourth-order valence-corrected chi connectivity index (χ4v) is 39.6. The monoisotopic (exact) mass is 1950 g/mol. The number of quaternary nitrogens is 3. The van der Waals surface area contributed by atoms with Crippen molar-refractivity contribution in [2.75, 3.05) is 114 Å². The Labute approximate surface area is 846 Å². The summed E-state index contributed by atoms with van der Waals surface area (Å²) in [6.45, 7) is 60.9. The lowest BCUT2D eigenvalue weighted by Gasteiger charge is -2.37. The minimum atomic E-state index is -0.918. The molecule has 15 nitrogen and oxygen atoms in total. The number of unbranched alkanes of at least 4 members (excludes halogenated alkanes) is 6. The average Bonchev–Trinajstić information content (AvgIpc) is 1.02. The normalized spacial score (nSPS) is 14.7. The van der Waals surface area contributed by atoms with Crippen molar-refractivity contribution in [3.05, 3.63) is 252 Å².